The van der Waals surface area contributed by atoms with Gasteiger partial charge in [0, 0.05) is 31.5 Å². The second kappa shape index (κ2) is 6.01. The summed E-state index contributed by atoms with van der Waals surface area (Å²) in [5.74, 6) is 0.624. The summed E-state index contributed by atoms with van der Waals surface area (Å²) in [6.07, 6.45) is 0.503. The molecule has 0 fully saturated rings. The highest BCUT2D eigenvalue weighted by Crippen LogP contribution is 2.12. The van der Waals surface area contributed by atoms with Crippen LogP contribution in [0.1, 0.15) is 22.6 Å². The summed E-state index contributed by atoms with van der Waals surface area (Å²) >= 11 is 0. The third-order valence-corrected chi connectivity index (χ3v) is 3.89. The summed E-state index contributed by atoms with van der Waals surface area (Å²) < 4.78 is 0. The van der Waals surface area contributed by atoms with Crippen LogP contribution in [-0.4, -0.2) is 39.2 Å². The van der Waals surface area contributed by atoms with Crippen LogP contribution < -0.4 is 5.56 Å². The minimum Gasteiger partial charge on any atom is -0.465 e. The van der Waals surface area contributed by atoms with Crippen LogP contribution in [0.3, 0.4) is 0 Å². The molecular weight excluding hydrogens is 282 g/mol. The van der Waals surface area contributed by atoms with Crippen molar-refractivity contribution in [3.63, 3.8) is 0 Å². The Balaban J connectivity index is 1.87. The third kappa shape index (κ3) is 3.00. The quantitative estimate of drug-likeness (QED) is 0.878. The van der Waals surface area contributed by atoms with E-state index in [-0.39, 0.29) is 5.56 Å². The second-order valence-corrected chi connectivity index (χ2v) is 5.37. The zero-order chi connectivity index (χ0) is 15.5. The van der Waals surface area contributed by atoms with Gasteiger partial charge in [-0.2, -0.15) is 0 Å². The zero-order valence-corrected chi connectivity index (χ0v) is 12.1. The number of carbonyl (C=O) groups is 1. The molecule has 6 nitrogen and oxygen atoms in total. The standard InChI is InChI=1S/C16H17N3O3/c20-15-12-6-8-19(16(21)22)9-7-13(12)17-14(18-15)10-11-4-2-1-3-5-11/h1-5H,6-10H2,(H,21,22)(H,17,18,20). The maximum atomic E-state index is 12.2. The molecule has 1 aliphatic rings. The van der Waals surface area contributed by atoms with Crippen LogP contribution in [0.5, 0.6) is 0 Å². The highest BCUT2D eigenvalue weighted by molar-refractivity contribution is 5.65. The summed E-state index contributed by atoms with van der Waals surface area (Å²) in [5, 5.41) is 9.08. The van der Waals surface area contributed by atoms with Gasteiger partial charge in [-0.1, -0.05) is 30.3 Å². The Bertz CT molecular complexity index is 740. The molecule has 2 N–H and O–H groups in total. The van der Waals surface area contributed by atoms with Crippen molar-refractivity contribution in [1.29, 1.82) is 0 Å². The van der Waals surface area contributed by atoms with Crippen molar-refractivity contribution in [2.24, 2.45) is 0 Å². The van der Waals surface area contributed by atoms with E-state index in [2.05, 4.69) is 9.97 Å². The number of fused-ring (bicyclic) bond motifs is 1. The van der Waals surface area contributed by atoms with Gasteiger partial charge in [-0.05, 0) is 12.0 Å². The van der Waals surface area contributed by atoms with E-state index in [0.717, 1.165) is 11.3 Å². The molecule has 0 unspecified atom stereocenters. The number of aromatic amines is 1. The van der Waals surface area contributed by atoms with Crippen molar-refractivity contribution in [1.82, 2.24) is 14.9 Å². The van der Waals surface area contributed by atoms with Crippen LogP contribution >= 0.6 is 0 Å². The average Bonchev–Trinajstić information content (AvgIpc) is 2.71. The van der Waals surface area contributed by atoms with Crippen LogP contribution in [0.4, 0.5) is 4.79 Å². The summed E-state index contributed by atoms with van der Waals surface area (Å²) in [6, 6.07) is 9.80. The minimum absolute atomic E-state index is 0.150. The Morgan fingerprint density at radius 2 is 1.95 bits per heavy atom. The first-order valence-corrected chi connectivity index (χ1v) is 7.26. The van der Waals surface area contributed by atoms with E-state index < -0.39 is 6.09 Å². The lowest BCUT2D eigenvalue weighted by molar-refractivity contribution is 0.147. The number of rotatable bonds is 2. The molecule has 22 heavy (non-hydrogen) atoms. The van der Waals surface area contributed by atoms with Gasteiger partial charge in [-0.15, -0.1) is 0 Å². The topological polar surface area (TPSA) is 86.3 Å². The molecular formula is C16H17N3O3. The van der Waals surface area contributed by atoms with E-state index in [4.69, 9.17) is 5.11 Å². The maximum Gasteiger partial charge on any atom is 0.407 e. The predicted octanol–water partition coefficient (Wildman–Crippen LogP) is 1.44. The van der Waals surface area contributed by atoms with Crippen LogP contribution in [-0.2, 0) is 19.3 Å². The van der Waals surface area contributed by atoms with Gasteiger partial charge in [0.05, 0.1) is 5.69 Å². The van der Waals surface area contributed by atoms with Crippen molar-refractivity contribution in [3.8, 4) is 0 Å². The first-order chi connectivity index (χ1) is 10.6. The SMILES string of the molecule is O=C(O)N1CCc2nc(Cc3ccccc3)[nH]c(=O)c2CC1. The Morgan fingerprint density at radius 1 is 1.23 bits per heavy atom. The maximum absolute atomic E-state index is 12.2. The molecule has 114 valence electrons. The smallest absolute Gasteiger partial charge is 0.407 e. The summed E-state index contributed by atoms with van der Waals surface area (Å²) in [6.45, 7) is 0.717. The molecule has 0 saturated carbocycles. The number of benzene rings is 1. The molecule has 0 atom stereocenters. The van der Waals surface area contributed by atoms with Gasteiger partial charge in [0.2, 0.25) is 0 Å². The van der Waals surface area contributed by atoms with Crippen molar-refractivity contribution in [2.75, 3.05) is 13.1 Å². The fourth-order valence-corrected chi connectivity index (χ4v) is 2.72. The van der Waals surface area contributed by atoms with Gasteiger partial charge in [-0.25, -0.2) is 9.78 Å². The number of hydrogen-bond acceptors (Lipinski definition) is 3. The largest absolute Gasteiger partial charge is 0.465 e. The average molecular weight is 299 g/mol. The Hall–Kier alpha value is -2.63. The van der Waals surface area contributed by atoms with Crippen molar-refractivity contribution in [2.45, 2.75) is 19.3 Å². The lowest BCUT2D eigenvalue weighted by Gasteiger charge is -2.14. The van der Waals surface area contributed by atoms with Crippen LogP contribution in [0.25, 0.3) is 0 Å². The first kappa shape index (κ1) is 14.3. The first-order valence-electron chi connectivity index (χ1n) is 7.26. The molecule has 0 radical (unpaired) electrons. The molecule has 0 aliphatic carbocycles. The van der Waals surface area contributed by atoms with E-state index >= 15 is 0 Å². The Morgan fingerprint density at radius 3 is 2.68 bits per heavy atom. The number of nitrogens with zero attached hydrogens (tertiary/aromatic N) is 2. The molecule has 1 aromatic carbocycles. The van der Waals surface area contributed by atoms with E-state index in [1.807, 2.05) is 30.3 Å². The Kier molecular flexibility index (Phi) is 3.91. The van der Waals surface area contributed by atoms with Gasteiger partial charge < -0.3 is 15.0 Å². The molecule has 1 aromatic heterocycles. The molecule has 0 spiro atoms. The third-order valence-electron chi connectivity index (χ3n) is 3.89. The molecule has 0 saturated heterocycles. The normalized spacial score (nSPS) is 14.3. The van der Waals surface area contributed by atoms with E-state index in [9.17, 15) is 9.59 Å². The number of hydrogen-bond donors (Lipinski definition) is 2. The number of aromatic nitrogens is 2. The van der Waals surface area contributed by atoms with E-state index in [0.29, 0.717) is 43.7 Å². The summed E-state index contributed by atoms with van der Waals surface area (Å²) in [7, 11) is 0. The van der Waals surface area contributed by atoms with Gasteiger partial charge >= 0.3 is 6.09 Å². The fraction of sp³-hybridized carbons (Fsp3) is 0.312. The molecule has 6 heteroatoms. The molecule has 1 amide bonds. The molecule has 0 bridgehead atoms. The number of amides is 1. The van der Waals surface area contributed by atoms with Crippen LogP contribution in [0, 0.1) is 0 Å². The number of nitrogens with one attached hydrogen (secondary N) is 1. The fourth-order valence-electron chi connectivity index (χ4n) is 2.72. The molecule has 3 rings (SSSR count). The highest BCUT2D eigenvalue weighted by Gasteiger charge is 2.21. The minimum atomic E-state index is -0.950. The molecule has 2 aromatic rings. The van der Waals surface area contributed by atoms with Crippen molar-refractivity contribution >= 4 is 6.09 Å². The van der Waals surface area contributed by atoms with Gasteiger partial charge in [0.15, 0.2) is 0 Å². The van der Waals surface area contributed by atoms with Crippen LogP contribution in [0.2, 0.25) is 0 Å². The monoisotopic (exact) mass is 299 g/mol. The lowest BCUT2D eigenvalue weighted by Crippen LogP contribution is -2.31. The van der Waals surface area contributed by atoms with Crippen molar-refractivity contribution < 1.29 is 9.90 Å². The number of carboxylic acid groups (broad SMARTS) is 1. The van der Waals surface area contributed by atoms with Gasteiger partial charge in [0.1, 0.15) is 5.82 Å². The number of H-pyrrole nitrogens is 1. The van der Waals surface area contributed by atoms with Gasteiger partial charge in [0.25, 0.3) is 5.56 Å². The molecule has 2 heterocycles. The summed E-state index contributed by atoms with van der Waals surface area (Å²) in [4.78, 5) is 32.0. The predicted molar refractivity (Wildman–Crippen MR) is 81.1 cm³/mol. The Labute approximate surface area is 127 Å². The zero-order valence-electron chi connectivity index (χ0n) is 12.1. The lowest BCUT2D eigenvalue weighted by atomic mass is 10.1. The van der Waals surface area contributed by atoms with E-state index in [1.54, 1.807) is 0 Å². The molecule has 1 aliphatic heterocycles. The van der Waals surface area contributed by atoms with Crippen LogP contribution in [0.15, 0.2) is 35.1 Å². The van der Waals surface area contributed by atoms with E-state index in [1.165, 1.54) is 4.90 Å². The summed E-state index contributed by atoms with van der Waals surface area (Å²) in [5.41, 5.74) is 2.26. The second-order valence-electron chi connectivity index (χ2n) is 5.37. The van der Waals surface area contributed by atoms with Crippen molar-refractivity contribution in [3.05, 3.63) is 63.3 Å². The highest BCUT2D eigenvalue weighted by atomic mass is 16.4. The van der Waals surface area contributed by atoms with Gasteiger partial charge in [-0.3, -0.25) is 4.79 Å².